The highest BCUT2D eigenvalue weighted by Crippen LogP contribution is 2.32. The van der Waals surface area contributed by atoms with Gasteiger partial charge in [0.2, 0.25) is 0 Å². The molecule has 0 bridgehead atoms. The zero-order valence-corrected chi connectivity index (χ0v) is 8.03. The van der Waals surface area contributed by atoms with E-state index in [1.165, 1.54) is 0 Å². The van der Waals surface area contributed by atoms with Crippen molar-refractivity contribution in [2.24, 2.45) is 0 Å². The van der Waals surface area contributed by atoms with E-state index in [0.717, 1.165) is 6.42 Å². The lowest BCUT2D eigenvalue weighted by atomic mass is 10.3. The Kier molecular flexibility index (Phi) is 2.62. The summed E-state index contributed by atoms with van der Waals surface area (Å²) in [5.41, 5.74) is 0.478. The molecule has 1 aromatic rings. The van der Waals surface area contributed by atoms with Crippen LogP contribution in [0.15, 0.2) is 18.2 Å². The van der Waals surface area contributed by atoms with E-state index in [1.807, 2.05) is 0 Å². The van der Waals surface area contributed by atoms with Crippen LogP contribution in [0.3, 0.4) is 0 Å². The molecular weight excluding hydrogens is 198 g/mol. The number of carbonyl (C=O) groups is 1. The summed E-state index contributed by atoms with van der Waals surface area (Å²) in [5.74, 6) is 1.24. The van der Waals surface area contributed by atoms with E-state index in [9.17, 15) is 4.79 Å². The maximum absolute atomic E-state index is 10.4. The monoisotopic (exact) mass is 209 g/mol. The minimum absolute atomic E-state index is 0.478. The molecule has 5 heteroatoms. The molecule has 1 aromatic carbocycles. The number of amides is 1. The molecule has 0 fully saturated rings. The molecule has 0 atom stereocenters. The maximum atomic E-state index is 10.4. The molecule has 0 saturated heterocycles. The molecule has 0 saturated carbocycles. The van der Waals surface area contributed by atoms with Crippen LogP contribution >= 0.6 is 0 Å². The zero-order chi connectivity index (χ0) is 10.7. The SMILES string of the molecule is O=C(O)Nc1ccc2c(c1)OCCCO2. The van der Waals surface area contributed by atoms with E-state index in [1.54, 1.807) is 18.2 Å². The van der Waals surface area contributed by atoms with Crippen molar-refractivity contribution in [3.8, 4) is 11.5 Å². The standard InChI is InChI=1S/C10H11NO4/c12-10(13)11-7-2-3-8-9(6-7)15-5-1-4-14-8/h2-3,6,11H,1,4-5H2,(H,12,13). The van der Waals surface area contributed by atoms with Crippen LogP contribution in [0.5, 0.6) is 11.5 Å². The summed E-state index contributed by atoms with van der Waals surface area (Å²) >= 11 is 0. The Morgan fingerprint density at radius 3 is 2.73 bits per heavy atom. The Bertz CT molecular complexity index is 378. The van der Waals surface area contributed by atoms with Crippen molar-refractivity contribution in [1.82, 2.24) is 0 Å². The van der Waals surface area contributed by atoms with Gasteiger partial charge in [-0.2, -0.15) is 0 Å². The van der Waals surface area contributed by atoms with Gasteiger partial charge in [0, 0.05) is 18.2 Å². The number of nitrogens with one attached hydrogen (secondary N) is 1. The first kappa shape index (κ1) is 9.64. The van der Waals surface area contributed by atoms with Crippen LogP contribution in [-0.2, 0) is 0 Å². The van der Waals surface area contributed by atoms with E-state index < -0.39 is 6.09 Å². The minimum atomic E-state index is -1.09. The predicted octanol–water partition coefficient (Wildman–Crippen LogP) is 1.94. The smallest absolute Gasteiger partial charge is 0.409 e. The Balaban J connectivity index is 2.23. The van der Waals surface area contributed by atoms with Crippen molar-refractivity contribution in [3.63, 3.8) is 0 Å². The molecule has 1 amide bonds. The van der Waals surface area contributed by atoms with Crippen molar-refractivity contribution in [2.75, 3.05) is 18.5 Å². The molecule has 2 rings (SSSR count). The van der Waals surface area contributed by atoms with Gasteiger partial charge in [0.15, 0.2) is 11.5 Å². The Labute approximate surface area is 86.6 Å². The lowest BCUT2D eigenvalue weighted by Crippen LogP contribution is -2.07. The topological polar surface area (TPSA) is 67.8 Å². The van der Waals surface area contributed by atoms with Gasteiger partial charge in [-0.3, -0.25) is 5.32 Å². The van der Waals surface area contributed by atoms with Gasteiger partial charge < -0.3 is 14.6 Å². The van der Waals surface area contributed by atoms with E-state index in [4.69, 9.17) is 14.6 Å². The van der Waals surface area contributed by atoms with E-state index in [0.29, 0.717) is 30.4 Å². The van der Waals surface area contributed by atoms with E-state index >= 15 is 0 Å². The summed E-state index contributed by atoms with van der Waals surface area (Å²) in [6.45, 7) is 1.21. The van der Waals surface area contributed by atoms with Crippen LogP contribution < -0.4 is 14.8 Å². The van der Waals surface area contributed by atoms with Gasteiger partial charge in [-0.15, -0.1) is 0 Å². The molecule has 1 aliphatic heterocycles. The molecule has 0 spiro atoms. The molecule has 0 aromatic heterocycles. The van der Waals surface area contributed by atoms with Crippen molar-refractivity contribution < 1.29 is 19.4 Å². The Morgan fingerprint density at radius 2 is 2.00 bits per heavy atom. The molecule has 0 radical (unpaired) electrons. The molecule has 2 N–H and O–H groups in total. The lowest BCUT2D eigenvalue weighted by Gasteiger charge is -2.08. The maximum Gasteiger partial charge on any atom is 0.409 e. The molecular formula is C10H11NO4. The fourth-order valence-electron chi connectivity index (χ4n) is 1.36. The Hall–Kier alpha value is -1.91. The first-order chi connectivity index (χ1) is 7.25. The van der Waals surface area contributed by atoms with Gasteiger partial charge in [-0.1, -0.05) is 0 Å². The number of anilines is 1. The fourth-order valence-corrected chi connectivity index (χ4v) is 1.36. The molecule has 5 nitrogen and oxygen atoms in total. The lowest BCUT2D eigenvalue weighted by molar-refractivity contribution is 0.209. The number of hydrogen-bond acceptors (Lipinski definition) is 3. The summed E-state index contributed by atoms with van der Waals surface area (Å²) in [7, 11) is 0. The third-order valence-corrected chi connectivity index (χ3v) is 2.00. The van der Waals surface area contributed by atoms with Crippen LogP contribution in [0.2, 0.25) is 0 Å². The average molecular weight is 209 g/mol. The summed E-state index contributed by atoms with van der Waals surface area (Å²) in [4.78, 5) is 10.4. The van der Waals surface area contributed by atoms with Gasteiger partial charge >= 0.3 is 6.09 Å². The third kappa shape index (κ3) is 2.31. The predicted molar refractivity (Wildman–Crippen MR) is 53.7 cm³/mol. The second-order valence-corrected chi connectivity index (χ2v) is 3.14. The normalized spacial score (nSPS) is 14.1. The van der Waals surface area contributed by atoms with Gasteiger partial charge in [0.1, 0.15) is 0 Å². The molecule has 1 heterocycles. The summed E-state index contributed by atoms with van der Waals surface area (Å²) in [6, 6.07) is 4.96. The van der Waals surface area contributed by atoms with Gasteiger partial charge in [-0.25, -0.2) is 4.79 Å². The third-order valence-electron chi connectivity index (χ3n) is 2.00. The summed E-state index contributed by atoms with van der Waals surface area (Å²) in [5, 5.41) is 10.8. The highest BCUT2D eigenvalue weighted by molar-refractivity contribution is 5.83. The number of carboxylic acid groups (broad SMARTS) is 1. The second-order valence-electron chi connectivity index (χ2n) is 3.14. The van der Waals surface area contributed by atoms with Crippen LogP contribution in [0.25, 0.3) is 0 Å². The number of rotatable bonds is 1. The van der Waals surface area contributed by atoms with Gasteiger partial charge in [-0.05, 0) is 12.1 Å². The van der Waals surface area contributed by atoms with Crippen molar-refractivity contribution in [1.29, 1.82) is 0 Å². The number of fused-ring (bicyclic) bond motifs is 1. The highest BCUT2D eigenvalue weighted by Gasteiger charge is 2.11. The largest absolute Gasteiger partial charge is 0.490 e. The average Bonchev–Trinajstić information content (AvgIpc) is 2.41. The zero-order valence-electron chi connectivity index (χ0n) is 8.03. The Morgan fingerprint density at radius 1 is 1.27 bits per heavy atom. The van der Waals surface area contributed by atoms with Gasteiger partial charge in [0.05, 0.1) is 13.2 Å². The van der Waals surface area contributed by atoms with Crippen LogP contribution in [-0.4, -0.2) is 24.4 Å². The minimum Gasteiger partial charge on any atom is -0.490 e. The number of hydrogen-bond donors (Lipinski definition) is 2. The van der Waals surface area contributed by atoms with Crippen molar-refractivity contribution in [2.45, 2.75) is 6.42 Å². The van der Waals surface area contributed by atoms with Crippen LogP contribution in [0.4, 0.5) is 10.5 Å². The highest BCUT2D eigenvalue weighted by atomic mass is 16.5. The van der Waals surface area contributed by atoms with E-state index in [-0.39, 0.29) is 0 Å². The van der Waals surface area contributed by atoms with Crippen molar-refractivity contribution in [3.05, 3.63) is 18.2 Å². The summed E-state index contributed by atoms with van der Waals surface area (Å²) in [6.07, 6.45) is -0.263. The van der Waals surface area contributed by atoms with Gasteiger partial charge in [0.25, 0.3) is 0 Å². The first-order valence-corrected chi connectivity index (χ1v) is 4.65. The quantitative estimate of drug-likeness (QED) is 0.741. The molecule has 80 valence electrons. The molecule has 1 aliphatic rings. The summed E-state index contributed by atoms with van der Waals surface area (Å²) < 4.78 is 10.8. The molecule has 15 heavy (non-hydrogen) atoms. The number of benzene rings is 1. The second kappa shape index (κ2) is 4.08. The van der Waals surface area contributed by atoms with Crippen LogP contribution in [0.1, 0.15) is 6.42 Å². The molecule has 0 aliphatic carbocycles. The van der Waals surface area contributed by atoms with Crippen molar-refractivity contribution >= 4 is 11.8 Å². The molecule has 0 unspecified atom stereocenters. The van der Waals surface area contributed by atoms with E-state index in [2.05, 4.69) is 5.32 Å². The first-order valence-electron chi connectivity index (χ1n) is 4.65. The fraction of sp³-hybridized carbons (Fsp3) is 0.300. The number of ether oxygens (including phenoxy) is 2. The van der Waals surface area contributed by atoms with Crippen LogP contribution in [0, 0.1) is 0 Å².